The van der Waals surface area contributed by atoms with Gasteiger partial charge in [-0.1, -0.05) is 18.2 Å². The van der Waals surface area contributed by atoms with Gasteiger partial charge in [-0.25, -0.2) is 14.4 Å². The smallest absolute Gasteiger partial charge is 0.261 e. The highest BCUT2D eigenvalue weighted by Gasteiger charge is 2.29. The molecule has 1 saturated heterocycles. The van der Waals surface area contributed by atoms with Crippen molar-refractivity contribution in [3.63, 3.8) is 0 Å². The van der Waals surface area contributed by atoms with E-state index >= 15 is 0 Å². The van der Waals surface area contributed by atoms with Crippen LogP contribution in [0, 0.1) is 12.7 Å². The summed E-state index contributed by atoms with van der Waals surface area (Å²) in [6, 6.07) is 7.40. The molecule has 0 radical (unpaired) electrons. The van der Waals surface area contributed by atoms with E-state index in [-0.39, 0.29) is 37.5 Å². The van der Waals surface area contributed by atoms with Crippen LogP contribution in [0.5, 0.6) is 5.75 Å². The number of rotatable bonds is 4. The number of ether oxygens (including phenoxy) is 1. The summed E-state index contributed by atoms with van der Waals surface area (Å²) in [5.41, 5.74) is 0.935. The van der Waals surface area contributed by atoms with Crippen LogP contribution in [0.3, 0.4) is 0 Å². The molecular formula is C17H17FN4O3. The van der Waals surface area contributed by atoms with Crippen LogP contribution in [0.2, 0.25) is 0 Å². The van der Waals surface area contributed by atoms with Crippen molar-refractivity contribution in [1.82, 2.24) is 14.9 Å². The summed E-state index contributed by atoms with van der Waals surface area (Å²) in [5, 5.41) is 0. The second-order valence-corrected chi connectivity index (χ2v) is 5.62. The summed E-state index contributed by atoms with van der Waals surface area (Å²) in [4.78, 5) is 34.9. The number of hydrogen-bond acceptors (Lipinski definition) is 5. The van der Waals surface area contributed by atoms with Crippen LogP contribution in [0.1, 0.15) is 5.56 Å². The predicted molar refractivity (Wildman–Crippen MR) is 87.6 cm³/mol. The van der Waals surface area contributed by atoms with Crippen molar-refractivity contribution in [2.24, 2.45) is 0 Å². The Morgan fingerprint density at radius 2 is 1.96 bits per heavy atom. The maximum Gasteiger partial charge on any atom is 0.261 e. The number of anilines is 1. The lowest BCUT2D eigenvalue weighted by atomic mass is 10.2. The van der Waals surface area contributed by atoms with E-state index in [4.69, 9.17) is 4.74 Å². The molecule has 1 fully saturated rings. The highest BCUT2D eigenvalue weighted by atomic mass is 19.1. The number of hydrogen-bond donors (Lipinski definition) is 0. The Morgan fingerprint density at radius 3 is 2.64 bits per heavy atom. The Kier molecular flexibility index (Phi) is 4.87. The molecule has 0 saturated carbocycles. The second kappa shape index (κ2) is 7.25. The molecule has 0 unspecified atom stereocenters. The molecule has 1 aliphatic heterocycles. The molecule has 0 atom stereocenters. The number of aryl methyl sites for hydroxylation is 1. The summed E-state index contributed by atoms with van der Waals surface area (Å²) < 4.78 is 18.4. The Bertz CT molecular complexity index is 782. The van der Waals surface area contributed by atoms with E-state index in [1.807, 2.05) is 25.1 Å². The van der Waals surface area contributed by atoms with Crippen molar-refractivity contribution in [3.8, 4) is 5.75 Å². The predicted octanol–water partition coefficient (Wildman–Crippen LogP) is 1.18. The number of nitrogens with zero attached hydrogens (tertiary/aromatic N) is 4. The third-order valence-electron chi connectivity index (χ3n) is 3.87. The van der Waals surface area contributed by atoms with E-state index in [9.17, 15) is 14.0 Å². The number of para-hydroxylation sites is 1. The third kappa shape index (κ3) is 3.90. The monoisotopic (exact) mass is 344 g/mol. The summed E-state index contributed by atoms with van der Waals surface area (Å²) in [7, 11) is 0. The fourth-order valence-corrected chi connectivity index (χ4v) is 2.49. The minimum absolute atomic E-state index is 0.0866. The maximum absolute atomic E-state index is 12.9. The first-order valence-corrected chi connectivity index (χ1v) is 7.78. The number of carbonyl (C=O) groups is 2. The zero-order valence-electron chi connectivity index (χ0n) is 13.7. The lowest BCUT2D eigenvalue weighted by molar-refractivity contribution is -0.138. The van der Waals surface area contributed by atoms with Gasteiger partial charge in [-0.2, -0.15) is 0 Å². The van der Waals surface area contributed by atoms with Crippen LogP contribution in [0.25, 0.3) is 0 Å². The SMILES string of the molecule is Cc1ccccc1OCC(=O)N1CCN(c2ncc(F)cn2)C(=O)C1. The second-order valence-electron chi connectivity index (χ2n) is 5.62. The zero-order valence-corrected chi connectivity index (χ0v) is 13.7. The topological polar surface area (TPSA) is 75.6 Å². The van der Waals surface area contributed by atoms with Crippen molar-refractivity contribution in [1.29, 1.82) is 0 Å². The van der Waals surface area contributed by atoms with Crippen molar-refractivity contribution in [3.05, 3.63) is 48.0 Å². The highest BCUT2D eigenvalue weighted by molar-refractivity contribution is 5.96. The molecule has 0 N–H and O–H groups in total. The van der Waals surface area contributed by atoms with Crippen LogP contribution in [-0.2, 0) is 9.59 Å². The van der Waals surface area contributed by atoms with Crippen molar-refractivity contribution in [2.75, 3.05) is 31.1 Å². The van der Waals surface area contributed by atoms with E-state index in [1.54, 1.807) is 6.07 Å². The van der Waals surface area contributed by atoms with Crippen LogP contribution >= 0.6 is 0 Å². The number of amides is 2. The fourth-order valence-electron chi connectivity index (χ4n) is 2.49. The molecule has 0 spiro atoms. The van der Waals surface area contributed by atoms with Gasteiger partial charge < -0.3 is 9.64 Å². The van der Waals surface area contributed by atoms with Crippen LogP contribution < -0.4 is 9.64 Å². The Morgan fingerprint density at radius 1 is 1.24 bits per heavy atom. The van der Waals surface area contributed by atoms with Gasteiger partial charge in [0, 0.05) is 13.1 Å². The van der Waals surface area contributed by atoms with E-state index in [1.165, 1.54) is 9.80 Å². The molecule has 7 nitrogen and oxygen atoms in total. The van der Waals surface area contributed by atoms with Gasteiger partial charge in [0.05, 0.1) is 12.4 Å². The molecule has 2 amide bonds. The number of aromatic nitrogens is 2. The molecule has 8 heteroatoms. The van der Waals surface area contributed by atoms with Gasteiger partial charge in [0.15, 0.2) is 12.4 Å². The molecular weight excluding hydrogens is 327 g/mol. The lowest BCUT2D eigenvalue weighted by Gasteiger charge is -2.32. The minimum atomic E-state index is -0.571. The first-order valence-electron chi connectivity index (χ1n) is 7.78. The van der Waals surface area contributed by atoms with Crippen molar-refractivity contribution in [2.45, 2.75) is 6.92 Å². The Labute approximate surface area is 144 Å². The van der Waals surface area contributed by atoms with E-state index in [0.717, 1.165) is 18.0 Å². The lowest BCUT2D eigenvalue weighted by Crippen LogP contribution is -2.53. The van der Waals surface area contributed by atoms with Gasteiger partial charge in [0.2, 0.25) is 11.9 Å². The van der Waals surface area contributed by atoms with Gasteiger partial charge in [-0.05, 0) is 18.6 Å². The number of piperazine rings is 1. The third-order valence-corrected chi connectivity index (χ3v) is 3.87. The highest BCUT2D eigenvalue weighted by Crippen LogP contribution is 2.17. The normalized spacial score (nSPS) is 14.6. The molecule has 1 aromatic carbocycles. The van der Waals surface area contributed by atoms with Crippen LogP contribution in [0.4, 0.5) is 10.3 Å². The average molecular weight is 344 g/mol. The maximum atomic E-state index is 12.9. The molecule has 0 bridgehead atoms. The van der Waals surface area contributed by atoms with Gasteiger partial charge in [-0.3, -0.25) is 14.5 Å². The van der Waals surface area contributed by atoms with E-state index < -0.39 is 5.82 Å². The van der Waals surface area contributed by atoms with Crippen LogP contribution in [0.15, 0.2) is 36.7 Å². The summed E-state index contributed by atoms with van der Waals surface area (Å²) >= 11 is 0. The van der Waals surface area contributed by atoms with Gasteiger partial charge in [-0.15, -0.1) is 0 Å². The first kappa shape index (κ1) is 16.8. The first-order chi connectivity index (χ1) is 12.0. The molecule has 130 valence electrons. The van der Waals surface area contributed by atoms with E-state index in [0.29, 0.717) is 12.3 Å². The standard InChI is InChI=1S/C17H17FN4O3/c1-12-4-2-3-5-14(12)25-11-16(24)21-6-7-22(15(23)10-21)17-19-8-13(18)9-20-17/h2-5,8-9H,6-7,10-11H2,1H3. The van der Waals surface area contributed by atoms with Gasteiger partial charge in [0.25, 0.3) is 5.91 Å². The minimum Gasteiger partial charge on any atom is -0.484 e. The summed E-state index contributed by atoms with van der Waals surface area (Å²) in [6.45, 7) is 2.26. The van der Waals surface area contributed by atoms with Crippen molar-refractivity contribution >= 4 is 17.8 Å². The number of benzene rings is 1. The molecule has 25 heavy (non-hydrogen) atoms. The zero-order chi connectivity index (χ0) is 17.8. The van der Waals surface area contributed by atoms with Gasteiger partial charge >= 0.3 is 0 Å². The average Bonchev–Trinajstić information content (AvgIpc) is 2.61. The summed E-state index contributed by atoms with van der Waals surface area (Å²) in [6.07, 6.45) is 2.01. The number of halogens is 1. The van der Waals surface area contributed by atoms with Crippen molar-refractivity contribution < 1.29 is 18.7 Å². The Balaban J connectivity index is 1.57. The molecule has 2 heterocycles. The molecule has 3 rings (SSSR count). The fraction of sp³-hybridized carbons (Fsp3) is 0.294. The van der Waals surface area contributed by atoms with Gasteiger partial charge in [0.1, 0.15) is 12.3 Å². The molecule has 1 aromatic heterocycles. The quantitative estimate of drug-likeness (QED) is 0.832. The van der Waals surface area contributed by atoms with Crippen LogP contribution in [-0.4, -0.2) is 52.9 Å². The number of carbonyl (C=O) groups excluding carboxylic acids is 2. The largest absolute Gasteiger partial charge is 0.484 e. The Hall–Kier alpha value is -3.03. The molecule has 2 aromatic rings. The summed E-state index contributed by atoms with van der Waals surface area (Å²) in [5.74, 6) is -0.382. The molecule has 0 aliphatic carbocycles. The van der Waals surface area contributed by atoms with E-state index in [2.05, 4.69) is 9.97 Å². The molecule has 1 aliphatic rings.